The standard InChI is InChI=1S/C20H17ClN6O3/c1-22-19(28)17-14(7-16(21)25-26-17)24-13-5-3-4-11-12-8-23-15(20(29)30)6-10(12)9-27(2)18(11)13/h3-8H,9H2,1-2H3,(H,22,28)(H,24,25)(H,29,30). The van der Waals surface area contributed by atoms with Gasteiger partial charge in [0.15, 0.2) is 10.8 Å². The predicted octanol–water partition coefficient (Wildman–Crippen LogP) is 2.94. The monoisotopic (exact) mass is 424 g/mol. The molecule has 30 heavy (non-hydrogen) atoms. The van der Waals surface area contributed by atoms with Crippen LogP contribution in [0, 0.1) is 0 Å². The minimum Gasteiger partial charge on any atom is -0.477 e. The molecule has 0 atom stereocenters. The van der Waals surface area contributed by atoms with E-state index in [0.29, 0.717) is 12.2 Å². The summed E-state index contributed by atoms with van der Waals surface area (Å²) in [4.78, 5) is 29.5. The van der Waals surface area contributed by atoms with E-state index in [1.54, 1.807) is 12.3 Å². The summed E-state index contributed by atoms with van der Waals surface area (Å²) in [6, 6.07) is 8.81. The second-order valence-corrected chi connectivity index (χ2v) is 7.11. The maximum atomic E-state index is 12.2. The number of aromatic nitrogens is 3. The molecule has 2 aromatic heterocycles. The number of nitrogens with one attached hydrogen (secondary N) is 2. The topological polar surface area (TPSA) is 120 Å². The molecular weight excluding hydrogens is 408 g/mol. The van der Waals surface area contributed by atoms with E-state index >= 15 is 0 Å². The third-order valence-corrected chi connectivity index (χ3v) is 4.98. The SMILES string of the molecule is CNC(=O)c1nnc(Cl)cc1Nc1cccc2c1N(C)Cc1cc(C(=O)O)ncc1-2. The van der Waals surface area contributed by atoms with E-state index in [9.17, 15) is 14.7 Å². The van der Waals surface area contributed by atoms with Crippen LogP contribution in [0.5, 0.6) is 0 Å². The highest BCUT2D eigenvalue weighted by atomic mass is 35.5. The van der Waals surface area contributed by atoms with Crippen molar-refractivity contribution in [3.63, 3.8) is 0 Å². The van der Waals surface area contributed by atoms with Crippen molar-refractivity contribution in [3.05, 3.63) is 58.6 Å². The molecule has 9 nitrogen and oxygen atoms in total. The van der Waals surface area contributed by atoms with Gasteiger partial charge in [-0.15, -0.1) is 10.2 Å². The molecule has 3 N–H and O–H groups in total. The van der Waals surface area contributed by atoms with Gasteiger partial charge in [-0.05, 0) is 17.7 Å². The number of hydrogen-bond acceptors (Lipinski definition) is 7. The lowest BCUT2D eigenvalue weighted by atomic mass is 9.94. The summed E-state index contributed by atoms with van der Waals surface area (Å²) in [6.07, 6.45) is 1.58. The van der Waals surface area contributed by atoms with E-state index in [4.69, 9.17) is 11.6 Å². The summed E-state index contributed by atoms with van der Waals surface area (Å²) in [6.45, 7) is 0.501. The Morgan fingerprint density at radius 2 is 1.97 bits per heavy atom. The fourth-order valence-electron chi connectivity index (χ4n) is 3.49. The van der Waals surface area contributed by atoms with Gasteiger partial charge in [0.1, 0.15) is 5.69 Å². The smallest absolute Gasteiger partial charge is 0.354 e. The number of carbonyl (C=O) groups excluding carboxylic acids is 1. The van der Waals surface area contributed by atoms with Crippen LogP contribution in [0.2, 0.25) is 5.15 Å². The van der Waals surface area contributed by atoms with E-state index < -0.39 is 11.9 Å². The molecule has 0 unspecified atom stereocenters. The molecule has 0 fully saturated rings. The number of carbonyl (C=O) groups is 2. The Kier molecular flexibility index (Phi) is 4.96. The number of halogens is 1. The molecule has 0 spiro atoms. The Labute approximate surface area is 176 Å². The van der Waals surface area contributed by atoms with Crippen molar-refractivity contribution in [2.75, 3.05) is 24.3 Å². The van der Waals surface area contributed by atoms with Crippen LogP contribution in [0.15, 0.2) is 36.5 Å². The van der Waals surface area contributed by atoms with Crippen molar-refractivity contribution in [1.82, 2.24) is 20.5 Å². The van der Waals surface area contributed by atoms with Crippen molar-refractivity contribution in [2.24, 2.45) is 0 Å². The minimum absolute atomic E-state index is 0.00704. The van der Waals surface area contributed by atoms with E-state index in [2.05, 4.69) is 25.8 Å². The molecule has 0 aliphatic carbocycles. The molecule has 1 aliphatic heterocycles. The largest absolute Gasteiger partial charge is 0.477 e. The molecule has 0 saturated heterocycles. The number of para-hydroxylation sites is 1. The molecule has 1 aromatic carbocycles. The molecular formula is C20H17ClN6O3. The summed E-state index contributed by atoms with van der Waals surface area (Å²) in [5, 5.41) is 22.8. The first-order chi connectivity index (χ1) is 14.4. The van der Waals surface area contributed by atoms with Gasteiger partial charge in [-0.25, -0.2) is 9.78 Å². The van der Waals surface area contributed by atoms with Crippen molar-refractivity contribution >= 4 is 40.5 Å². The Hall–Kier alpha value is -3.72. The molecule has 1 amide bonds. The molecule has 0 saturated carbocycles. The van der Waals surface area contributed by atoms with Gasteiger partial charge in [-0.3, -0.25) is 4.79 Å². The molecule has 152 valence electrons. The third kappa shape index (κ3) is 3.39. The van der Waals surface area contributed by atoms with E-state index in [1.807, 2.05) is 30.1 Å². The molecule has 0 radical (unpaired) electrons. The Bertz CT molecular complexity index is 1180. The summed E-state index contributed by atoms with van der Waals surface area (Å²) < 4.78 is 0. The number of carboxylic acids is 1. The second-order valence-electron chi connectivity index (χ2n) is 6.72. The van der Waals surface area contributed by atoms with Gasteiger partial charge in [0, 0.05) is 44.0 Å². The van der Waals surface area contributed by atoms with Crippen molar-refractivity contribution in [1.29, 1.82) is 0 Å². The minimum atomic E-state index is -1.06. The fourth-order valence-corrected chi connectivity index (χ4v) is 3.64. The first-order valence-corrected chi connectivity index (χ1v) is 9.36. The number of nitrogens with zero attached hydrogens (tertiary/aromatic N) is 4. The summed E-state index contributed by atoms with van der Waals surface area (Å²) in [5.41, 5.74) is 4.77. The summed E-state index contributed by atoms with van der Waals surface area (Å²) in [5.74, 6) is -1.46. The number of fused-ring (bicyclic) bond motifs is 3. The van der Waals surface area contributed by atoms with Crippen LogP contribution in [-0.4, -0.2) is 46.3 Å². The molecule has 1 aliphatic rings. The number of pyridine rings is 1. The lowest BCUT2D eigenvalue weighted by Gasteiger charge is -2.31. The normalized spacial score (nSPS) is 12.0. The molecule has 0 bridgehead atoms. The first kappa shape index (κ1) is 19.6. The quantitative estimate of drug-likeness (QED) is 0.584. The Morgan fingerprint density at radius 1 is 1.17 bits per heavy atom. The third-order valence-electron chi connectivity index (χ3n) is 4.80. The number of benzene rings is 1. The van der Waals surface area contributed by atoms with Gasteiger partial charge >= 0.3 is 5.97 Å². The van der Waals surface area contributed by atoms with Crippen molar-refractivity contribution in [2.45, 2.75) is 6.54 Å². The zero-order valence-electron chi connectivity index (χ0n) is 16.1. The maximum Gasteiger partial charge on any atom is 0.354 e. The van der Waals surface area contributed by atoms with E-state index in [0.717, 1.165) is 28.1 Å². The lowest BCUT2D eigenvalue weighted by Crippen LogP contribution is -2.24. The molecule has 4 rings (SSSR count). The summed E-state index contributed by atoms with van der Waals surface area (Å²) >= 11 is 6.00. The Morgan fingerprint density at radius 3 is 2.70 bits per heavy atom. The van der Waals surface area contributed by atoms with Gasteiger partial charge < -0.3 is 20.6 Å². The van der Waals surface area contributed by atoms with Crippen molar-refractivity contribution in [3.8, 4) is 11.1 Å². The van der Waals surface area contributed by atoms with Crippen molar-refractivity contribution < 1.29 is 14.7 Å². The van der Waals surface area contributed by atoms with E-state index in [1.165, 1.54) is 13.1 Å². The van der Waals surface area contributed by atoms with Crippen LogP contribution in [0.25, 0.3) is 11.1 Å². The zero-order valence-corrected chi connectivity index (χ0v) is 16.9. The number of anilines is 3. The molecule has 3 heterocycles. The molecule has 10 heteroatoms. The fraction of sp³-hybridized carbons (Fsp3) is 0.150. The van der Waals surface area contributed by atoms with Crippen LogP contribution >= 0.6 is 11.6 Å². The van der Waals surface area contributed by atoms with Crippen LogP contribution in [0.4, 0.5) is 17.1 Å². The maximum absolute atomic E-state index is 12.2. The number of carboxylic acid groups (broad SMARTS) is 1. The number of amides is 1. The first-order valence-electron chi connectivity index (χ1n) is 8.98. The van der Waals surface area contributed by atoms with Gasteiger partial charge in [0.05, 0.1) is 17.1 Å². The highest BCUT2D eigenvalue weighted by molar-refractivity contribution is 6.29. The van der Waals surface area contributed by atoms with Crippen LogP contribution in [0.1, 0.15) is 26.5 Å². The van der Waals surface area contributed by atoms with Crippen LogP contribution < -0.4 is 15.5 Å². The number of aromatic carboxylic acids is 1. The highest BCUT2D eigenvalue weighted by Gasteiger charge is 2.25. The van der Waals surface area contributed by atoms with Crippen LogP contribution in [-0.2, 0) is 6.54 Å². The average Bonchev–Trinajstić information content (AvgIpc) is 2.73. The van der Waals surface area contributed by atoms with E-state index in [-0.39, 0.29) is 16.5 Å². The van der Waals surface area contributed by atoms with Gasteiger partial charge in [-0.1, -0.05) is 23.7 Å². The summed E-state index contributed by atoms with van der Waals surface area (Å²) in [7, 11) is 3.42. The number of rotatable bonds is 4. The molecule has 3 aromatic rings. The van der Waals surface area contributed by atoms with Gasteiger partial charge in [0.25, 0.3) is 5.91 Å². The highest BCUT2D eigenvalue weighted by Crippen LogP contribution is 2.43. The van der Waals surface area contributed by atoms with Crippen LogP contribution in [0.3, 0.4) is 0 Å². The lowest BCUT2D eigenvalue weighted by molar-refractivity contribution is 0.0690. The second kappa shape index (κ2) is 7.60. The average molecular weight is 425 g/mol. The van der Waals surface area contributed by atoms with Gasteiger partial charge in [-0.2, -0.15) is 0 Å². The zero-order chi connectivity index (χ0) is 21.4. The predicted molar refractivity (Wildman–Crippen MR) is 112 cm³/mol. The number of hydrogen-bond donors (Lipinski definition) is 3. The van der Waals surface area contributed by atoms with Gasteiger partial charge in [0.2, 0.25) is 0 Å². The Balaban J connectivity index is 1.81.